The monoisotopic (exact) mass is 162 g/mol. The lowest BCUT2D eigenvalue weighted by Crippen LogP contribution is -2.39. The molecule has 1 unspecified atom stereocenters. The summed E-state index contributed by atoms with van der Waals surface area (Å²) in [4.78, 5) is 10.8. The van der Waals surface area contributed by atoms with E-state index >= 15 is 0 Å². The maximum atomic E-state index is 10.8. The summed E-state index contributed by atoms with van der Waals surface area (Å²) in [5, 5.41) is 11.4. The number of carbonyl (C=O) groups is 1. The van der Waals surface area contributed by atoms with Gasteiger partial charge in [0.15, 0.2) is 6.10 Å². The lowest BCUT2D eigenvalue weighted by atomic mass is 10.3. The average molecular weight is 162 g/mol. The minimum Gasteiger partial charge on any atom is -0.381 e. The number of aliphatic hydroxyl groups is 1. The van der Waals surface area contributed by atoms with Crippen molar-refractivity contribution in [3.63, 3.8) is 0 Å². The molecule has 11 heavy (non-hydrogen) atoms. The molecular formula is C6H14N2O3. The molecule has 0 aliphatic carbocycles. The van der Waals surface area contributed by atoms with Crippen molar-refractivity contribution in [2.45, 2.75) is 6.10 Å². The Morgan fingerprint density at radius 2 is 2.45 bits per heavy atom. The number of ether oxygens (including phenoxy) is 1. The molecule has 4 N–H and O–H groups in total. The van der Waals surface area contributed by atoms with Crippen LogP contribution in [0.1, 0.15) is 0 Å². The summed E-state index contributed by atoms with van der Waals surface area (Å²) in [6, 6.07) is 0. The van der Waals surface area contributed by atoms with Crippen molar-refractivity contribution >= 4 is 5.91 Å². The molecule has 0 aromatic carbocycles. The van der Waals surface area contributed by atoms with E-state index in [-0.39, 0.29) is 6.61 Å². The van der Waals surface area contributed by atoms with Crippen LogP contribution in [0.2, 0.25) is 0 Å². The van der Waals surface area contributed by atoms with Gasteiger partial charge >= 0.3 is 0 Å². The lowest BCUT2D eigenvalue weighted by molar-refractivity contribution is -0.131. The SMILES string of the molecule is COCC(O)C(=O)NCCN. The third kappa shape index (κ3) is 4.72. The zero-order valence-electron chi connectivity index (χ0n) is 6.54. The fourth-order valence-corrected chi connectivity index (χ4v) is 0.547. The predicted molar refractivity (Wildman–Crippen MR) is 39.9 cm³/mol. The second-order valence-corrected chi connectivity index (χ2v) is 2.05. The van der Waals surface area contributed by atoms with E-state index in [1.54, 1.807) is 0 Å². The normalized spacial score (nSPS) is 12.6. The Balaban J connectivity index is 3.47. The van der Waals surface area contributed by atoms with Gasteiger partial charge in [0.05, 0.1) is 6.61 Å². The van der Waals surface area contributed by atoms with Crippen molar-refractivity contribution < 1.29 is 14.6 Å². The number of hydrogen-bond donors (Lipinski definition) is 3. The highest BCUT2D eigenvalue weighted by atomic mass is 16.5. The Kier molecular flexibility index (Phi) is 5.73. The third-order valence-electron chi connectivity index (χ3n) is 1.07. The topological polar surface area (TPSA) is 84.6 Å². The van der Waals surface area contributed by atoms with Crippen molar-refractivity contribution in [3.05, 3.63) is 0 Å². The molecule has 5 heteroatoms. The number of aliphatic hydroxyl groups excluding tert-OH is 1. The van der Waals surface area contributed by atoms with Crippen LogP contribution in [0, 0.1) is 0 Å². The van der Waals surface area contributed by atoms with Crippen LogP contribution in [0.3, 0.4) is 0 Å². The molecule has 0 saturated carbocycles. The van der Waals surface area contributed by atoms with Gasteiger partial charge in [-0.25, -0.2) is 0 Å². The first kappa shape index (κ1) is 10.3. The van der Waals surface area contributed by atoms with Gasteiger partial charge in [0.25, 0.3) is 5.91 Å². The van der Waals surface area contributed by atoms with Gasteiger partial charge in [-0.15, -0.1) is 0 Å². The van der Waals surface area contributed by atoms with Crippen LogP contribution >= 0.6 is 0 Å². The van der Waals surface area contributed by atoms with Gasteiger partial charge in [0.2, 0.25) is 0 Å². The first-order valence-electron chi connectivity index (χ1n) is 3.37. The van der Waals surface area contributed by atoms with Gasteiger partial charge < -0.3 is 20.9 Å². The highest BCUT2D eigenvalue weighted by Crippen LogP contribution is 1.82. The number of hydrogen-bond acceptors (Lipinski definition) is 4. The number of amides is 1. The number of methoxy groups -OCH3 is 1. The van der Waals surface area contributed by atoms with Gasteiger partial charge in [-0.2, -0.15) is 0 Å². The first-order chi connectivity index (χ1) is 5.22. The van der Waals surface area contributed by atoms with Crippen molar-refractivity contribution in [1.29, 1.82) is 0 Å². The van der Waals surface area contributed by atoms with Crippen LogP contribution in [-0.4, -0.2) is 43.9 Å². The van der Waals surface area contributed by atoms with E-state index in [1.807, 2.05) is 0 Å². The maximum absolute atomic E-state index is 10.8. The van der Waals surface area contributed by atoms with Gasteiger partial charge in [0.1, 0.15) is 0 Å². The van der Waals surface area contributed by atoms with Crippen molar-refractivity contribution in [3.8, 4) is 0 Å². The summed E-state index contributed by atoms with van der Waals surface area (Å²) in [7, 11) is 1.42. The molecular weight excluding hydrogens is 148 g/mol. The highest BCUT2D eigenvalue weighted by molar-refractivity contribution is 5.80. The molecule has 0 radical (unpaired) electrons. The van der Waals surface area contributed by atoms with Crippen LogP contribution in [0.15, 0.2) is 0 Å². The summed E-state index contributed by atoms with van der Waals surface area (Å²) in [6.07, 6.45) is -1.09. The third-order valence-corrected chi connectivity index (χ3v) is 1.07. The molecule has 0 aliphatic rings. The molecule has 0 spiro atoms. The van der Waals surface area contributed by atoms with E-state index in [4.69, 9.17) is 10.8 Å². The van der Waals surface area contributed by atoms with E-state index < -0.39 is 12.0 Å². The lowest BCUT2D eigenvalue weighted by Gasteiger charge is -2.08. The molecule has 5 nitrogen and oxygen atoms in total. The maximum Gasteiger partial charge on any atom is 0.251 e. The zero-order valence-corrected chi connectivity index (χ0v) is 6.54. The minimum absolute atomic E-state index is 0.0103. The van der Waals surface area contributed by atoms with E-state index in [0.29, 0.717) is 13.1 Å². The Morgan fingerprint density at radius 3 is 2.91 bits per heavy atom. The van der Waals surface area contributed by atoms with Crippen LogP contribution in [0.4, 0.5) is 0 Å². The zero-order chi connectivity index (χ0) is 8.69. The molecule has 0 aromatic heterocycles. The minimum atomic E-state index is -1.09. The summed E-state index contributed by atoms with van der Waals surface area (Å²) < 4.78 is 4.56. The molecule has 0 aromatic rings. The molecule has 0 fully saturated rings. The van der Waals surface area contributed by atoms with E-state index in [0.717, 1.165) is 0 Å². The Hall–Kier alpha value is -0.650. The van der Waals surface area contributed by atoms with Gasteiger partial charge in [-0.3, -0.25) is 4.79 Å². The molecule has 0 aliphatic heterocycles. The van der Waals surface area contributed by atoms with Crippen LogP contribution in [0.5, 0.6) is 0 Å². The summed E-state index contributed by atoms with van der Waals surface area (Å²) in [5.41, 5.74) is 5.12. The first-order valence-corrected chi connectivity index (χ1v) is 3.37. The number of nitrogens with one attached hydrogen (secondary N) is 1. The predicted octanol–water partition coefficient (Wildman–Crippen LogP) is -1.93. The van der Waals surface area contributed by atoms with Gasteiger partial charge in [-0.1, -0.05) is 0 Å². The molecule has 1 atom stereocenters. The highest BCUT2D eigenvalue weighted by Gasteiger charge is 2.12. The van der Waals surface area contributed by atoms with Crippen molar-refractivity contribution in [1.82, 2.24) is 5.32 Å². The second-order valence-electron chi connectivity index (χ2n) is 2.05. The Labute approximate surface area is 65.5 Å². The average Bonchev–Trinajstić information content (AvgIpc) is 2.00. The Morgan fingerprint density at radius 1 is 1.82 bits per heavy atom. The molecule has 66 valence electrons. The molecule has 0 heterocycles. The number of carbonyl (C=O) groups excluding carboxylic acids is 1. The van der Waals surface area contributed by atoms with Gasteiger partial charge in [-0.05, 0) is 0 Å². The van der Waals surface area contributed by atoms with E-state index in [2.05, 4.69) is 10.1 Å². The smallest absolute Gasteiger partial charge is 0.251 e. The molecule has 0 rings (SSSR count). The molecule has 1 amide bonds. The van der Waals surface area contributed by atoms with Gasteiger partial charge in [0, 0.05) is 20.2 Å². The second kappa shape index (κ2) is 6.09. The van der Waals surface area contributed by atoms with Crippen LogP contribution < -0.4 is 11.1 Å². The summed E-state index contributed by atoms with van der Waals surface area (Å²) in [5.74, 6) is -0.447. The fraction of sp³-hybridized carbons (Fsp3) is 0.833. The summed E-state index contributed by atoms with van der Waals surface area (Å²) in [6.45, 7) is 0.751. The largest absolute Gasteiger partial charge is 0.381 e. The van der Waals surface area contributed by atoms with E-state index in [1.165, 1.54) is 7.11 Å². The van der Waals surface area contributed by atoms with Crippen LogP contribution in [-0.2, 0) is 9.53 Å². The quantitative estimate of drug-likeness (QED) is 0.439. The van der Waals surface area contributed by atoms with Crippen molar-refractivity contribution in [2.75, 3.05) is 26.8 Å². The summed E-state index contributed by atoms with van der Waals surface area (Å²) >= 11 is 0. The fourth-order valence-electron chi connectivity index (χ4n) is 0.547. The molecule has 0 bridgehead atoms. The number of rotatable bonds is 5. The standard InChI is InChI=1S/C6H14N2O3/c1-11-4-5(9)6(10)8-3-2-7/h5,9H,2-4,7H2,1H3,(H,8,10). The number of nitrogens with two attached hydrogens (primary N) is 1. The van der Waals surface area contributed by atoms with Crippen LogP contribution in [0.25, 0.3) is 0 Å². The van der Waals surface area contributed by atoms with E-state index in [9.17, 15) is 4.79 Å². The van der Waals surface area contributed by atoms with Crippen molar-refractivity contribution in [2.24, 2.45) is 5.73 Å². The Bertz CT molecular complexity index is 118. The molecule has 0 saturated heterocycles.